The summed E-state index contributed by atoms with van der Waals surface area (Å²) >= 11 is 0. The highest BCUT2D eigenvalue weighted by Crippen LogP contribution is 2.30. The van der Waals surface area contributed by atoms with Gasteiger partial charge >= 0.3 is 0 Å². The summed E-state index contributed by atoms with van der Waals surface area (Å²) in [7, 11) is 0. The molecule has 0 spiro atoms. The van der Waals surface area contributed by atoms with Crippen LogP contribution in [0, 0.1) is 6.07 Å². The third-order valence-electron chi connectivity index (χ3n) is 3.10. The molecular weight excluding hydrogens is 208 g/mol. The molecule has 1 aliphatic heterocycles. The third-order valence-corrected chi connectivity index (χ3v) is 3.10. The van der Waals surface area contributed by atoms with Crippen LogP contribution in [0.15, 0.2) is 48.5 Å². The maximum atomic E-state index is 3.36. The summed E-state index contributed by atoms with van der Waals surface area (Å²) in [5.74, 6) is 0. The topological polar surface area (TPSA) is 15.3 Å². The molecule has 0 saturated carbocycles. The predicted molar refractivity (Wildman–Crippen MR) is 70.9 cm³/mol. The first kappa shape index (κ1) is 10.4. The summed E-state index contributed by atoms with van der Waals surface area (Å²) in [5.41, 5.74) is 3.69. The number of hydrogen-bond acceptors (Lipinski definition) is 2. The van der Waals surface area contributed by atoms with E-state index in [9.17, 15) is 0 Å². The molecule has 0 atom stereocenters. The Balaban J connectivity index is 2.04. The van der Waals surface area contributed by atoms with Gasteiger partial charge in [0.05, 0.1) is 6.67 Å². The normalized spacial score (nSPS) is 15.2. The molecule has 1 fully saturated rings. The summed E-state index contributed by atoms with van der Waals surface area (Å²) in [4.78, 5) is 2.36. The first-order valence-electron chi connectivity index (χ1n) is 5.97. The zero-order valence-electron chi connectivity index (χ0n) is 9.69. The minimum Gasteiger partial charge on any atom is -0.357 e. The zero-order chi connectivity index (χ0) is 11.5. The molecule has 85 valence electrons. The fraction of sp³-hybridized carbons (Fsp3) is 0.200. The zero-order valence-corrected chi connectivity index (χ0v) is 9.69. The van der Waals surface area contributed by atoms with Gasteiger partial charge in [-0.3, -0.25) is 5.32 Å². The van der Waals surface area contributed by atoms with Crippen LogP contribution in [-0.4, -0.2) is 19.8 Å². The van der Waals surface area contributed by atoms with Gasteiger partial charge in [-0.25, -0.2) is 0 Å². The van der Waals surface area contributed by atoms with Crippen LogP contribution in [0.25, 0.3) is 11.1 Å². The maximum Gasteiger partial charge on any atom is 0.0683 e. The Hall–Kier alpha value is -1.80. The first-order valence-corrected chi connectivity index (χ1v) is 5.97. The molecule has 0 bridgehead atoms. The van der Waals surface area contributed by atoms with Crippen LogP contribution in [-0.2, 0) is 0 Å². The van der Waals surface area contributed by atoms with Gasteiger partial charge in [-0.2, -0.15) is 0 Å². The lowest BCUT2D eigenvalue weighted by molar-refractivity contribution is 0.855. The second-order valence-corrected chi connectivity index (χ2v) is 4.22. The van der Waals surface area contributed by atoms with Crippen molar-refractivity contribution in [3.8, 4) is 11.1 Å². The van der Waals surface area contributed by atoms with E-state index in [0.717, 1.165) is 19.8 Å². The van der Waals surface area contributed by atoms with Crippen LogP contribution in [0.5, 0.6) is 0 Å². The fourth-order valence-electron chi connectivity index (χ4n) is 2.24. The lowest BCUT2D eigenvalue weighted by Gasteiger charge is -2.20. The van der Waals surface area contributed by atoms with Gasteiger partial charge in [0.1, 0.15) is 0 Å². The van der Waals surface area contributed by atoms with Crippen molar-refractivity contribution < 1.29 is 0 Å². The van der Waals surface area contributed by atoms with Gasteiger partial charge < -0.3 is 4.90 Å². The summed E-state index contributed by atoms with van der Waals surface area (Å²) in [6.07, 6.45) is 0. The van der Waals surface area contributed by atoms with E-state index in [-0.39, 0.29) is 0 Å². The minimum absolute atomic E-state index is 0.928. The Morgan fingerprint density at radius 2 is 1.94 bits per heavy atom. The second kappa shape index (κ2) is 4.60. The lowest BCUT2D eigenvalue weighted by Crippen LogP contribution is -2.21. The molecule has 2 heteroatoms. The molecule has 2 nitrogen and oxygen atoms in total. The van der Waals surface area contributed by atoms with Gasteiger partial charge in [-0.05, 0) is 17.7 Å². The molecule has 0 aliphatic carbocycles. The van der Waals surface area contributed by atoms with E-state index in [1.807, 2.05) is 12.1 Å². The highest BCUT2D eigenvalue weighted by atomic mass is 15.3. The summed E-state index contributed by atoms with van der Waals surface area (Å²) in [5, 5.41) is 3.36. The van der Waals surface area contributed by atoms with Gasteiger partial charge in [0.25, 0.3) is 0 Å². The van der Waals surface area contributed by atoms with Gasteiger partial charge in [0.2, 0.25) is 0 Å². The van der Waals surface area contributed by atoms with Crippen molar-refractivity contribution in [2.24, 2.45) is 0 Å². The van der Waals surface area contributed by atoms with Crippen molar-refractivity contribution in [2.45, 2.75) is 0 Å². The van der Waals surface area contributed by atoms with Crippen molar-refractivity contribution in [3.63, 3.8) is 0 Å². The van der Waals surface area contributed by atoms with Gasteiger partial charge in [0.15, 0.2) is 0 Å². The SMILES string of the molecule is [c]1cccc(N2CCNC2)c1-c1ccccc1. The molecule has 1 aliphatic rings. The van der Waals surface area contributed by atoms with Crippen LogP contribution in [0.4, 0.5) is 5.69 Å². The Labute approximate surface area is 102 Å². The van der Waals surface area contributed by atoms with Crippen LogP contribution in [0.3, 0.4) is 0 Å². The molecule has 2 aromatic carbocycles. The van der Waals surface area contributed by atoms with E-state index in [0.29, 0.717) is 0 Å². The van der Waals surface area contributed by atoms with Gasteiger partial charge in [-0.1, -0.05) is 42.5 Å². The number of nitrogens with one attached hydrogen (secondary N) is 1. The molecule has 3 rings (SSSR count). The number of rotatable bonds is 2. The van der Waals surface area contributed by atoms with E-state index in [4.69, 9.17) is 0 Å². The van der Waals surface area contributed by atoms with E-state index >= 15 is 0 Å². The minimum atomic E-state index is 0.928. The first-order chi connectivity index (χ1) is 8.45. The molecule has 1 radical (unpaired) electrons. The van der Waals surface area contributed by atoms with Crippen LogP contribution < -0.4 is 10.2 Å². The highest BCUT2D eigenvalue weighted by molar-refractivity contribution is 5.78. The smallest absolute Gasteiger partial charge is 0.0683 e. The summed E-state index contributed by atoms with van der Waals surface area (Å²) < 4.78 is 0. The van der Waals surface area contributed by atoms with E-state index < -0.39 is 0 Å². The van der Waals surface area contributed by atoms with Crippen molar-refractivity contribution in [3.05, 3.63) is 54.6 Å². The van der Waals surface area contributed by atoms with Crippen molar-refractivity contribution >= 4 is 5.69 Å². The molecule has 1 heterocycles. The Kier molecular flexibility index (Phi) is 2.80. The Bertz CT molecular complexity index is 487. The van der Waals surface area contributed by atoms with Crippen molar-refractivity contribution in [2.75, 3.05) is 24.7 Å². The van der Waals surface area contributed by atoms with Crippen LogP contribution in [0.2, 0.25) is 0 Å². The largest absolute Gasteiger partial charge is 0.357 e. The quantitative estimate of drug-likeness (QED) is 0.841. The van der Waals surface area contributed by atoms with Crippen molar-refractivity contribution in [1.82, 2.24) is 5.32 Å². The molecule has 0 unspecified atom stereocenters. The van der Waals surface area contributed by atoms with Crippen molar-refractivity contribution in [1.29, 1.82) is 0 Å². The lowest BCUT2D eigenvalue weighted by atomic mass is 10.0. The number of hydrogen-bond donors (Lipinski definition) is 1. The average Bonchev–Trinajstić information content (AvgIpc) is 2.94. The van der Waals surface area contributed by atoms with Gasteiger partial charge in [-0.15, -0.1) is 0 Å². The van der Waals surface area contributed by atoms with Crippen LogP contribution in [0.1, 0.15) is 0 Å². The monoisotopic (exact) mass is 223 g/mol. The standard InChI is InChI=1S/C15H15N2/c1-2-6-13(7-3-1)14-8-4-5-9-15(14)17-11-10-16-12-17/h1-7,9,16H,10-12H2. The molecule has 0 aromatic heterocycles. The molecule has 1 saturated heterocycles. The van der Waals surface area contributed by atoms with Gasteiger partial charge in [0, 0.05) is 24.3 Å². The average molecular weight is 223 g/mol. The Morgan fingerprint density at radius 3 is 2.71 bits per heavy atom. The maximum absolute atomic E-state index is 3.36. The number of nitrogens with zero attached hydrogens (tertiary/aromatic N) is 1. The highest BCUT2D eigenvalue weighted by Gasteiger charge is 2.15. The molecule has 1 N–H and O–H groups in total. The van der Waals surface area contributed by atoms with E-state index in [1.54, 1.807) is 0 Å². The molecule has 2 aromatic rings. The summed E-state index contributed by atoms with van der Waals surface area (Å²) in [6.45, 7) is 3.05. The number of benzene rings is 2. The third kappa shape index (κ3) is 2.04. The molecule has 17 heavy (non-hydrogen) atoms. The Morgan fingerprint density at radius 1 is 1.06 bits per heavy atom. The fourth-order valence-corrected chi connectivity index (χ4v) is 2.24. The van der Waals surface area contributed by atoms with Crippen LogP contribution >= 0.6 is 0 Å². The molecule has 0 amide bonds. The molecular formula is C15H15N2. The summed E-state index contributed by atoms with van der Waals surface area (Å²) in [6, 6.07) is 20.0. The van der Waals surface area contributed by atoms with E-state index in [2.05, 4.69) is 52.7 Å². The second-order valence-electron chi connectivity index (χ2n) is 4.22. The van der Waals surface area contributed by atoms with E-state index in [1.165, 1.54) is 16.8 Å². The predicted octanol–water partition coefficient (Wildman–Crippen LogP) is 2.52. The number of anilines is 1.